The van der Waals surface area contributed by atoms with Gasteiger partial charge >= 0.3 is 11.9 Å². The van der Waals surface area contributed by atoms with Gasteiger partial charge in [-0.15, -0.1) is 0 Å². The first-order valence-electron chi connectivity index (χ1n) is 7.65. The van der Waals surface area contributed by atoms with Crippen molar-refractivity contribution in [2.45, 2.75) is 51.4 Å². The first-order valence-corrected chi connectivity index (χ1v) is 7.65. The molecule has 1 N–H and O–H groups in total. The molecule has 3 rings (SSSR count). The second-order valence-corrected chi connectivity index (χ2v) is 7.12. The highest BCUT2D eigenvalue weighted by molar-refractivity contribution is 5.90. The minimum Gasteiger partial charge on any atom is -0.459 e. The summed E-state index contributed by atoms with van der Waals surface area (Å²) in [5.41, 5.74) is 1.10. The van der Waals surface area contributed by atoms with E-state index in [1.807, 2.05) is 0 Å². The third kappa shape index (κ3) is 2.19. The van der Waals surface area contributed by atoms with E-state index in [1.165, 1.54) is 6.92 Å². The highest BCUT2D eigenvalue weighted by Gasteiger charge is 2.58. The summed E-state index contributed by atoms with van der Waals surface area (Å²) in [6.45, 7) is 11.4. The lowest BCUT2D eigenvalue weighted by molar-refractivity contribution is -0.152. The monoisotopic (exact) mass is 306 g/mol. The molecule has 0 bridgehead atoms. The van der Waals surface area contributed by atoms with Crippen molar-refractivity contribution in [3.8, 4) is 0 Å². The van der Waals surface area contributed by atoms with Gasteiger partial charge in [-0.2, -0.15) is 0 Å². The van der Waals surface area contributed by atoms with Crippen molar-refractivity contribution in [2.24, 2.45) is 17.3 Å². The van der Waals surface area contributed by atoms with Crippen LogP contribution in [0.25, 0.3) is 0 Å². The summed E-state index contributed by atoms with van der Waals surface area (Å²) in [5.74, 6) is -0.910. The predicted molar refractivity (Wildman–Crippen MR) is 78.7 cm³/mol. The largest absolute Gasteiger partial charge is 0.459 e. The van der Waals surface area contributed by atoms with Gasteiger partial charge in [0.1, 0.15) is 12.2 Å². The molecule has 0 amide bonds. The maximum atomic E-state index is 11.8. The Morgan fingerprint density at radius 3 is 2.73 bits per heavy atom. The van der Waals surface area contributed by atoms with Gasteiger partial charge < -0.3 is 14.6 Å². The Bertz CT molecular complexity index is 565. The number of carbonyl (C=O) groups is 2. The summed E-state index contributed by atoms with van der Waals surface area (Å²) in [7, 11) is 0. The molecule has 5 heteroatoms. The van der Waals surface area contributed by atoms with Gasteiger partial charge in [0.2, 0.25) is 0 Å². The predicted octanol–water partition coefficient (Wildman–Crippen LogP) is 1.75. The van der Waals surface area contributed by atoms with E-state index < -0.39 is 18.2 Å². The molecule has 6 unspecified atom stereocenters. The molecule has 120 valence electrons. The Labute approximate surface area is 130 Å². The van der Waals surface area contributed by atoms with Gasteiger partial charge in [0, 0.05) is 30.8 Å². The van der Waals surface area contributed by atoms with Crippen LogP contribution < -0.4 is 0 Å². The molecule has 6 atom stereocenters. The minimum absolute atomic E-state index is 0.0532. The molecule has 3 aliphatic rings. The molecule has 0 spiro atoms. The highest BCUT2D eigenvalue weighted by Crippen LogP contribution is 2.57. The number of hydrogen-bond acceptors (Lipinski definition) is 5. The van der Waals surface area contributed by atoms with Crippen LogP contribution in [0.3, 0.4) is 0 Å². The number of fused-ring (bicyclic) bond motifs is 2. The quantitative estimate of drug-likeness (QED) is 0.454. The number of hydrogen-bond donors (Lipinski definition) is 1. The first-order chi connectivity index (χ1) is 10.2. The van der Waals surface area contributed by atoms with Gasteiger partial charge in [-0.25, -0.2) is 4.79 Å². The van der Waals surface area contributed by atoms with Crippen molar-refractivity contribution < 1.29 is 24.2 Å². The molecular formula is C17H22O5. The second-order valence-electron chi connectivity index (χ2n) is 7.12. The average Bonchev–Trinajstić information content (AvgIpc) is 2.73. The van der Waals surface area contributed by atoms with E-state index in [0.29, 0.717) is 24.8 Å². The van der Waals surface area contributed by atoms with Crippen molar-refractivity contribution in [3.05, 3.63) is 24.3 Å². The molecule has 22 heavy (non-hydrogen) atoms. The molecule has 1 heterocycles. The molecule has 0 aromatic heterocycles. The molecule has 1 saturated heterocycles. The maximum Gasteiger partial charge on any atom is 0.334 e. The number of esters is 2. The lowest BCUT2D eigenvalue weighted by Gasteiger charge is -2.33. The molecule has 0 radical (unpaired) electrons. The number of aliphatic hydroxyl groups is 1. The second kappa shape index (κ2) is 4.95. The van der Waals surface area contributed by atoms with Crippen LogP contribution in [0.4, 0.5) is 0 Å². The third-order valence-electron chi connectivity index (χ3n) is 5.44. The molecule has 0 aromatic carbocycles. The number of ether oxygens (including phenoxy) is 2. The van der Waals surface area contributed by atoms with Crippen molar-refractivity contribution in [1.82, 2.24) is 0 Å². The Balaban J connectivity index is 1.95. The summed E-state index contributed by atoms with van der Waals surface area (Å²) in [6, 6.07) is 0. The number of carbonyl (C=O) groups excluding carboxylic acids is 2. The summed E-state index contributed by atoms with van der Waals surface area (Å²) in [6.07, 6.45) is 0.210. The van der Waals surface area contributed by atoms with Crippen molar-refractivity contribution >= 4 is 11.9 Å². The Morgan fingerprint density at radius 1 is 1.41 bits per heavy atom. The number of aliphatic hydroxyl groups excluding tert-OH is 1. The van der Waals surface area contributed by atoms with E-state index in [4.69, 9.17) is 9.47 Å². The summed E-state index contributed by atoms with van der Waals surface area (Å²) in [4.78, 5) is 23.1. The SMILES string of the molecule is C=C1C(=O)OC2CC(=C)C3C(OC(C)=O)C(O)CC3(C)CC12. The van der Waals surface area contributed by atoms with Crippen molar-refractivity contribution in [3.63, 3.8) is 0 Å². The van der Waals surface area contributed by atoms with Crippen LogP contribution in [-0.4, -0.2) is 35.4 Å². The van der Waals surface area contributed by atoms with E-state index in [0.717, 1.165) is 5.57 Å². The van der Waals surface area contributed by atoms with E-state index in [1.54, 1.807) is 0 Å². The molecule has 2 aliphatic carbocycles. The zero-order chi connectivity index (χ0) is 16.2. The molecule has 5 nitrogen and oxygen atoms in total. The fourth-order valence-electron chi connectivity index (χ4n) is 4.61. The van der Waals surface area contributed by atoms with E-state index in [9.17, 15) is 14.7 Å². The first kappa shape index (κ1) is 15.3. The Morgan fingerprint density at radius 2 is 2.09 bits per heavy atom. The molecule has 3 fully saturated rings. The topological polar surface area (TPSA) is 72.8 Å². The van der Waals surface area contributed by atoms with Crippen molar-refractivity contribution in [2.75, 3.05) is 0 Å². The Hall–Kier alpha value is -1.62. The maximum absolute atomic E-state index is 11.8. The fraction of sp³-hybridized carbons (Fsp3) is 0.647. The van der Waals surface area contributed by atoms with E-state index in [2.05, 4.69) is 20.1 Å². The smallest absolute Gasteiger partial charge is 0.334 e. The molecule has 2 saturated carbocycles. The summed E-state index contributed by atoms with van der Waals surface area (Å²) in [5, 5.41) is 10.4. The van der Waals surface area contributed by atoms with Gasteiger partial charge in [-0.3, -0.25) is 4.79 Å². The lowest BCUT2D eigenvalue weighted by atomic mass is 9.71. The number of rotatable bonds is 1. The molecule has 0 aromatic rings. The normalized spacial score (nSPS) is 44.1. The third-order valence-corrected chi connectivity index (χ3v) is 5.44. The molecule has 1 aliphatic heterocycles. The van der Waals surface area contributed by atoms with E-state index in [-0.39, 0.29) is 29.3 Å². The average molecular weight is 306 g/mol. The van der Waals surface area contributed by atoms with Crippen LogP contribution in [0, 0.1) is 17.3 Å². The molecular weight excluding hydrogens is 284 g/mol. The summed E-state index contributed by atoms with van der Waals surface area (Å²) < 4.78 is 10.8. The standard InChI is InChI=1S/C17H22O5/c1-8-5-13-11(9(2)16(20)22-13)6-17(4)7-12(19)15(14(8)17)21-10(3)18/h11-15,19H,1-2,5-7H2,3-4H3. The van der Waals surface area contributed by atoms with Gasteiger partial charge in [-0.05, 0) is 18.3 Å². The summed E-state index contributed by atoms with van der Waals surface area (Å²) >= 11 is 0. The lowest BCUT2D eigenvalue weighted by Crippen LogP contribution is -2.34. The van der Waals surface area contributed by atoms with Gasteiger partial charge in [0.25, 0.3) is 0 Å². The minimum atomic E-state index is -0.710. The highest BCUT2D eigenvalue weighted by atomic mass is 16.6. The van der Waals surface area contributed by atoms with Crippen molar-refractivity contribution in [1.29, 1.82) is 0 Å². The van der Waals surface area contributed by atoms with Gasteiger partial charge in [0.15, 0.2) is 0 Å². The van der Waals surface area contributed by atoms with Gasteiger partial charge in [-0.1, -0.05) is 25.7 Å². The van der Waals surface area contributed by atoms with Crippen LogP contribution in [0.5, 0.6) is 0 Å². The van der Waals surface area contributed by atoms with Crippen LogP contribution >= 0.6 is 0 Å². The van der Waals surface area contributed by atoms with Crippen LogP contribution in [0.2, 0.25) is 0 Å². The van der Waals surface area contributed by atoms with Crippen LogP contribution in [0.1, 0.15) is 33.1 Å². The van der Waals surface area contributed by atoms with Gasteiger partial charge in [0.05, 0.1) is 6.10 Å². The van der Waals surface area contributed by atoms with Crippen LogP contribution in [0.15, 0.2) is 24.3 Å². The van der Waals surface area contributed by atoms with E-state index >= 15 is 0 Å². The zero-order valence-corrected chi connectivity index (χ0v) is 13.0. The van der Waals surface area contributed by atoms with Crippen LogP contribution in [-0.2, 0) is 19.1 Å². The fourth-order valence-corrected chi connectivity index (χ4v) is 4.61. The zero-order valence-electron chi connectivity index (χ0n) is 13.0. The Kier molecular flexibility index (Phi) is 3.44.